The average Bonchev–Trinajstić information content (AvgIpc) is 1.02. The smallest absolute Gasteiger partial charge is 0.315 e. The molecule has 8 aliphatic rings. The Kier molecular flexibility index (Phi) is 50.3. The van der Waals surface area contributed by atoms with Crippen molar-refractivity contribution in [2.24, 2.45) is 0 Å². The molecule has 8 rings (SSSR count). The molecule has 4 amide bonds. The number of methoxy groups -OCH3 is 12. The second-order valence-electron chi connectivity index (χ2n) is 28.7. The number of ether oxygens (including phenoxy) is 23. The van der Waals surface area contributed by atoms with Gasteiger partial charge in [-0.05, 0) is 25.7 Å². The summed E-state index contributed by atoms with van der Waals surface area (Å²) < 4.78 is 309. The van der Waals surface area contributed by atoms with E-state index >= 15 is 0 Å². The Bertz CT molecular complexity index is 3610. The number of urea groups is 1. The molecule has 0 aliphatic carbocycles. The van der Waals surface area contributed by atoms with Crippen molar-refractivity contribution in [1.82, 2.24) is 21.3 Å². The van der Waals surface area contributed by atoms with Crippen LogP contribution >= 0.6 is 61.1 Å². The number of carbonyl (C=O) groups is 3. The summed E-state index contributed by atoms with van der Waals surface area (Å²) in [5.74, 6) is -0.0735. The van der Waals surface area contributed by atoms with Crippen LogP contribution in [0.2, 0.25) is 0 Å². The van der Waals surface area contributed by atoms with Crippen molar-refractivity contribution in [3.63, 3.8) is 0 Å². The predicted molar refractivity (Wildman–Crippen MR) is 408 cm³/mol. The molecule has 8 fully saturated rings. The molecule has 8 heterocycles. The van der Waals surface area contributed by atoms with Gasteiger partial charge in [-0.3, -0.25) is 59.0 Å². The number of unbranched alkanes of at least 4 members (excludes halogenated alkanes) is 3. The maximum absolute atomic E-state index is 14.2. The highest BCUT2D eigenvalue weighted by Crippen LogP contribution is 2.44. The molecule has 15 unspecified atom stereocenters. The highest BCUT2D eigenvalue weighted by atomic mass is 32.3. The first-order valence-corrected chi connectivity index (χ1v) is 46.8. The summed E-state index contributed by atoms with van der Waals surface area (Å²) in [6.45, 7) is -4.16. The van der Waals surface area contributed by atoms with Gasteiger partial charge in [-0.15, -0.1) is 17.3 Å². The van der Waals surface area contributed by atoms with Gasteiger partial charge in [-0.1, -0.05) is 12.8 Å². The van der Waals surface area contributed by atoms with E-state index in [-0.39, 0.29) is 87.2 Å². The van der Waals surface area contributed by atoms with Crippen LogP contribution in [0.4, 0.5) is 4.79 Å². The summed E-state index contributed by atoms with van der Waals surface area (Å²) >= 11 is 0.0200. The first-order chi connectivity index (χ1) is 62.4. The zero-order valence-electron chi connectivity index (χ0n) is 71.2. The highest BCUT2D eigenvalue weighted by Gasteiger charge is 2.62. The summed E-state index contributed by atoms with van der Waals surface area (Å²) in [6, 6.07) is -0.127. The van der Waals surface area contributed by atoms with Crippen LogP contribution in [0, 0.1) is 0 Å². The van der Waals surface area contributed by atoms with Crippen molar-refractivity contribution in [3.05, 3.63) is 0 Å². The van der Waals surface area contributed by atoms with Crippen LogP contribution in [-0.2, 0) is 217 Å². The van der Waals surface area contributed by atoms with Crippen LogP contribution in [-0.4, -0.2) is 396 Å². The van der Waals surface area contributed by atoms with E-state index in [9.17, 15) is 74.3 Å². The predicted octanol–water partition coefficient (Wildman–Crippen LogP) is -7.03. The molecule has 0 radical (unpaired) electrons. The molecule has 33 atom stereocenters. The molecule has 0 aromatic heterocycles. The lowest BCUT2D eigenvalue weighted by Gasteiger charge is -2.52. The number of nitrogens with one attached hydrogen (secondary N) is 4. The van der Waals surface area contributed by atoms with E-state index in [0.717, 1.165) is 32.8 Å². The lowest BCUT2D eigenvalue weighted by molar-refractivity contribution is -0.778. The molecular weight excluding hydrogens is 1950 g/mol. The quantitative estimate of drug-likeness (QED) is 0.00836. The maximum atomic E-state index is 14.2. The second kappa shape index (κ2) is 57.7. The molecule has 760 valence electrons. The largest absolute Gasteiger partial charge is 0.726 e. The van der Waals surface area contributed by atoms with Crippen LogP contribution in [0.25, 0.3) is 0 Å². The SMILES string of the molecule is COCC1O[C@@H](O[C@H]2C(OC)C(OC)[C@@H](O[C@H]3C(OC)C(OC)[C@H](OC)O[C@H]3COC)O[C@H]2COC)C(OC)[C@@H](OC)[C@@H]1O[C@@H]1OC(CNC(=O)CCCCCNC(=O)CCCCC2SCC3NC(=O)NC32)[C@@H](O[C@@H]2O[C@@H](COS(=O)(=O)[O-])[C@@H](O[C@H]3O[C@@H](COS(=O)(=O)[O-])[C@@H](OSOO[O-])C(OSOO[O-])C3OSOO[O-])C(OSOO[O-])C2OS(=O)(=O)[O-])[C@H](OC)C1OC. The molecule has 0 saturated carbocycles. The third kappa shape index (κ3) is 33.1. The molecule has 130 heavy (non-hydrogen) atoms. The topological polar surface area (TPSA) is 714 Å². The minimum Gasteiger partial charge on any atom is -0.726 e. The highest BCUT2D eigenvalue weighted by molar-refractivity contribution is 8.00. The number of carbonyl (C=O) groups excluding carboxylic acids is 3. The van der Waals surface area contributed by atoms with Gasteiger partial charge in [-0.2, -0.15) is 11.8 Å². The third-order valence-corrected chi connectivity index (χ3v) is 25.7. The van der Waals surface area contributed by atoms with Gasteiger partial charge in [0.2, 0.25) is 43.0 Å². The maximum Gasteiger partial charge on any atom is 0.315 e. The van der Waals surface area contributed by atoms with Crippen molar-refractivity contribution in [2.45, 2.75) is 253 Å². The van der Waals surface area contributed by atoms with Gasteiger partial charge in [0.1, 0.15) is 134 Å². The normalized spacial score (nSPS) is 36.2. The van der Waals surface area contributed by atoms with Crippen molar-refractivity contribution in [3.8, 4) is 0 Å². The lowest BCUT2D eigenvalue weighted by Crippen LogP contribution is -2.69. The second-order valence-corrected chi connectivity index (χ2v) is 35.0. The van der Waals surface area contributed by atoms with Crippen LogP contribution in [0.15, 0.2) is 0 Å². The number of amides is 4. The summed E-state index contributed by atoms with van der Waals surface area (Å²) in [4.78, 5) is 39.0. The fraction of sp³-hybridized carbons (Fsp3) is 0.953. The van der Waals surface area contributed by atoms with Gasteiger partial charge in [0.15, 0.2) is 99.2 Å². The molecule has 4 N–H and O–H groups in total. The number of hydrogen-bond donors (Lipinski definition) is 4. The van der Waals surface area contributed by atoms with E-state index in [0.29, 0.717) is 19.3 Å². The van der Waals surface area contributed by atoms with E-state index in [1.807, 2.05) is 0 Å². The summed E-state index contributed by atoms with van der Waals surface area (Å²) in [6.07, 6.45) is -47.8. The molecule has 66 heteroatoms. The molecule has 0 bridgehead atoms. The molecule has 0 aromatic carbocycles. The summed E-state index contributed by atoms with van der Waals surface area (Å²) in [5, 5.41) is 69.6. The Morgan fingerprint density at radius 1 is 0.385 bits per heavy atom. The van der Waals surface area contributed by atoms with Crippen LogP contribution in [0.3, 0.4) is 0 Å². The van der Waals surface area contributed by atoms with Crippen LogP contribution in [0.5, 0.6) is 0 Å². The molecule has 8 aliphatic heterocycles. The van der Waals surface area contributed by atoms with Gasteiger partial charge in [0, 0.05) is 122 Å². The molecule has 0 aromatic rings. The zero-order chi connectivity index (χ0) is 94.8. The zero-order valence-corrected chi connectivity index (χ0v) is 77.7. The van der Waals surface area contributed by atoms with Gasteiger partial charge in [-0.25, -0.2) is 30.0 Å². The van der Waals surface area contributed by atoms with E-state index in [2.05, 4.69) is 67.1 Å². The molecular formula is C64H105N4O54S8-7. The Hall–Kier alpha value is -1.99. The van der Waals surface area contributed by atoms with Crippen LogP contribution < -0.4 is 42.3 Å². The van der Waals surface area contributed by atoms with Crippen molar-refractivity contribution < 1.29 is 250 Å². The van der Waals surface area contributed by atoms with Crippen molar-refractivity contribution in [1.29, 1.82) is 0 Å². The Labute approximate surface area is 767 Å². The van der Waals surface area contributed by atoms with Gasteiger partial charge >= 0.3 is 6.03 Å². The Balaban J connectivity index is 1.13. The van der Waals surface area contributed by atoms with Crippen molar-refractivity contribution >= 4 is 110 Å². The molecule has 0 spiro atoms. The number of thioether (sulfide) groups is 1. The lowest BCUT2D eigenvalue weighted by atomic mass is 9.94. The van der Waals surface area contributed by atoms with Crippen molar-refractivity contribution in [2.75, 3.05) is 137 Å². The van der Waals surface area contributed by atoms with E-state index in [1.54, 1.807) is 11.8 Å². The van der Waals surface area contributed by atoms with E-state index in [4.69, 9.17) is 130 Å². The minimum absolute atomic E-state index is 0.00608. The standard InChI is InChI=1S/C64H112N4O54S8/c1-85-23-31-41(47(89-5)52(92-8)58(96-12)100-31)107-60-55(95-11)49(91-7)43(33(102-60)25-87-3)108-61-54(94-10)48(90-6)42(32(101-61)24-86-2)106-59-53(93-9)46(88-4)40(30(99-59)22-66-38(70)19-14-13-17-21-65-37(69)20-16-15-18-36-39-29(28-123-36)67-64(71)68-39)105-63-57(114-130(82,83)84)50(111-125-120-116-73)44(34(103-63)26-97-128(76,77)78)109-62-56(113-127-122-118-75)51(112-126-121-117-74)45(110-124-119-115-72)35(104-62)27-98-129(79,80)81/h29-36,39-63,72-75H,13-28H2,1-12H3,(H,65,69)(H,66,70)(H2,67,68,71)(H,76,77,78)(H,79,80,81)(H,82,83,84)/p-7/t29?,30?,31-,32?,33-,34-,35-,36?,39?,40+,41+,42+,43+,44+,45+,46-,47?,48-,49?,50?,51?,52?,53?,54?,55?,56?,57?,58+,59-,60+,61-,62+,63-/m0/s1. The first kappa shape index (κ1) is 113. The van der Waals surface area contributed by atoms with Crippen LogP contribution in [0.1, 0.15) is 51.4 Å². The Morgan fingerprint density at radius 2 is 0.731 bits per heavy atom. The summed E-state index contributed by atoms with van der Waals surface area (Å²) in [7, 11) is -1.97. The summed E-state index contributed by atoms with van der Waals surface area (Å²) in [5.41, 5.74) is 0. The average molecular weight is 2050 g/mol. The Morgan fingerprint density at radius 3 is 1.14 bits per heavy atom. The fourth-order valence-corrected chi connectivity index (χ4v) is 19.8. The van der Waals surface area contributed by atoms with Gasteiger partial charge in [0.25, 0.3) is 0 Å². The number of hydrogen-bond acceptors (Lipinski definition) is 59. The minimum atomic E-state index is -6.28. The third-order valence-electron chi connectivity index (χ3n) is 21.2. The molecule has 58 nitrogen and oxygen atoms in total. The number of rotatable bonds is 62. The first-order valence-electron chi connectivity index (χ1n) is 39.1. The molecule has 8 saturated heterocycles. The van der Waals surface area contributed by atoms with Gasteiger partial charge in [0.05, 0.1) is 45.1 Å². The van der Waals surface area contributed by atoms with Gasteiger partial charge < -0.3 is 165 Å². The van der Waals surface area contributed by atoms with E-state index < -0.39 is 278 Å². The van der Waals surface area contributed by atoms with E-state index in [1.165, 1.54) is 71.1 Å². The number of fused-ring (bicyclic) bond motifs is 1. The fourth-order valence-electron chi connectivity index (χ4n) is 15.7. The monoisotopic (exact) mass is 2050 g/mol.